The average Bonchev–Trinajstić information content (AvgIpc) is 2.22. The molecule has 1 aromatic carbocycles. The van der Waals surface area contributed by atoms with E-state index in [1.807, 2.05) is 0 Å². The third-order valence-corrected chi connectivity index (χ3v) is 3.18. The number of nitrogens with one attached hydrogen (secondary N) is 1. The quantitative estimate of drug-likeness (QED) is 0.888. The van der Waals surface area contributed by atoms with Crippen LogP contribution in [0.3, 0.4) is 0 Å². The average molecular weight is 286 g/mol. The predicted molar refractivity (Wildman–Crippen MR) is 73.0 cm³/mol. The van der Waals surface area contributed by atoms with Gasteiger partial charge in [0.15, 0.2) is 0 Å². The van der Waals surface area contributed by atoms with Gasteiger partial charge in [0.05, 0.1) is 12.6 Å². The normalized spacial score (nSPS) is 12.9. The van der Waals surface area contributed by atoms with Gasteiger partial charge >= 0.3 is 0 Å². The van der Waals surface area contributed by atoms with Crippen LogP contribution in [0.25, 0.3) is 0 Å². The van der Waals surface area contributed by atoms with E-state index in [1.165, 1.54) is 11.3 Å². The lowest BCUT2D eigenvalue weighted by molar-refractivity contribution is 0.171. The van der Waals surface area contributed by atoms with E-state index in [0.717, 1.165) is 11.1 Å². The molecule has 0 spiro atoms. The fraction of sp³-hybridized carbons (Fsp3) is 0.538. The van der Waals surface area contributed by atoms with Gasteiger partial charge in [-0.2, -0.15) is 0 Å². The number of hydrogen-bond donors (Lipinski definition) is 1. The van der Waals surface area contributed by atoms with Crippen LogP contribution in [0, 0.1) is 12.8 Å². The van der Waals surface area contributed by atoms with Crippen molar-refractivity contribution in [2.45, 2.75) is 26.8 Å². The SMILES string of the molecule is COCC(Nc1cc(Br)ccc1C)C(C)C. The molecule has 1 aromatic rings. The van der Waals surface area contributed by atoms with E-state index < -0.39 is 0 Å². The van der Waals surface area contributed by atoms with Crippen molar-refractivity contribution >= 4 is 21.6 Å². The highest BCUT2D eigenvalue weighted by molar-refractivity contribution is 9.10. The van der Waals surface area contributed by atoms with Crippen LogP contribution in [0.15, 0.2) is 22.7 Å². The summed E-state index contributed by atoms with van der Waals surface area (Å²) in [5.41, 5.74) is 2.43. The lowest BCUT2D eigenvalue weighted by Gasteiger charge is -2.24. The Morgan fingerprint density at radius 1 is 1.38 bits per heavy atom. The van der Waals surface area contributed by atoms with Crippen LogP contribution < -0.4 is 5.32 Å². The number of rotatable bonds is 5. The molecule has 0 saturated carbocycles. The van der Waals surface area contributed by atoms with E-state index in [4.69, 9.17) is 4.74 Å². The topological polar surface area (TPSA) is 21.3 Å². The van der Waals surface area contributed by atoms with E-state index in [-0.39, 0.29) is 0 Å². The maximum Gasteiger partial charge on any atom is 0.0666 e. The third-order valence-electron chi connectivity index (χ3n) is 2.69. The molecule has 1 unspecified atom stereocenters. The number of aryl methyl sites for hydroxylation is 1. The minimum Gasteiger partial charge on any atom is -0.383 e. The second-order valence-electron chi connectivity index (χ2n) is 4.41. The smallest absolute Gasteiger partial charge is 0.0666 e. The Morgan fingerprint density at radius 3 is 2.62 bits per heavy atom. The highest BCUT2D eigenvalue weighted by atomic mass is 79.9. The molecule has 0 aliphatic carbocycles. The predicted octanol–water partition coefficient (Wildman–Crippen LogP) is 3.84. The molecule has 0 bridgehead atoms. The van der Waals surface area contributed by atoms with Crippen molar-refractivity contribution in [3.05, 3.63) is 28.2 Å². The van der Waals surface area contributed by atoms with Crippen molar-refractivity contribution in [3.63, 3.8) is 0 Å². The number of halogens is 1. The Morgan fingerprint density at radius 2 is 2.06 bits per heavy atom. The zero-order valence-electron chi connectivity index (χ0n) is 10.4. The summed E-state index contributed by atoms with van der Waals surface area (Å²) in [4.78, 5) is 0. The number of hydrogen-bond acceptors (Lipinski definition) is 2. The van der Waals surface area contributed by atoms with Gasteiger partial charge in [0.1, 0.15) is 0 Å². The van der Waals surface area contributed by atoms with Gasteiger partial charge in [-0.05, 0) is 30.5 Å². The standard InChI is InChI=1S/C13H20BrNO/c1-9(2)13(8-16-4)15-12-7-11(14)6-5-10(12)3/h5-7,9,13,15H,8H2,1-4H3. The molecule has 1 rings (SSSR count). The summed E-state index contributed by atoms with van der Waals surface area (Å²) in [5, 5.41) is 3.53. The molecule has 0 amide bonds. The van der Waals surface area contributed by atoms with Crippen LogP contribution in [0.4, 0.5) is 5.69 Å². The summed E-state index contributed by atoms with van der Waals surface area (Å²) in [6, 6.07) is 6.62. The van der Waals surface area contributed by atoms with Gasteiger partial charge in [-0.1, -0.05) is 35.8 Å². The zero-order chi connectivity index (χ0) is 12.1. The first-order valence-corrected chi connectivity index (χ1v) is 6.35. The number of ether oxygens (including phenoxy) is 1. The minimum atomic E-state index is 0.345. The summed E-state index contributed by atoms with van der Waals surface area (Å²) >= 11 is 3.49. The van der Waals surface area contributed by atoms with E-state index in [2.05, 4.69) is 60.2 Å². The van der Waals surface area contributed by atoms with Crippen molar-refractivity contribution < 1.29 is 4.74 Å². The Bertz CT molecular complexity index is 339. The maximum absolute atomic E-state index is 5.23. The van der Waals surface area contributed by atoms with Gasteiger partial charge < -0.3 is 10.1 Å². The lowest BCUT2D eigenvalue weighted by atomic mass is 10.0. The molecule has 0 heterocycles. The van der Waals surface area contributed by atoms with Crippen LogP contribution >= 0.6 is 15.9 Å². The lowest BCUT2D eigenvalue weighted by Crippen LogP contribution is -2.30. The summed E-state index contributed by atoms with van der Waals surface area (Å²) in [6.07, 6.45) is 0. The van der Waals surface area contributed by atoms with E-state index >= 15 is 0 Å². The molecule has 0 radical (unpaired) electrons. The Balaban J connectivity index is 2.80. The molecule has 0 aliphatic heterocycles. The van der Waals surface area contributed by atoms with Crippen molar-refractivity contribution in [1.82, 2.24) is 0 Å². The molecule has 16 heavy (non-hydrogen) atoms. The molecule has 3 heteroatoms. The fourth-order valence-corrected chi connectivity index (χ4v) is 1.89. The van der Waals surface area contributed by atoms with Gasteiger partial charge in [0, 0.05) is 17.3 Å². The number of benzene rings is 1. The van der Waals surface area contributed by atoms with Gasteiger partial charge in [-0.15, -0.1) is 0 Å². The van der Waals surface area contributed by atoms with Crippen molar-refractivity contribution in [2.75, 3.05) is 19.0 Å². The van der Waals surface area contributed by atoms with Crippen LogP contribution in [-0.2, 0) is 4.74 Å². The first kappa shape index (κ1) is 13.5. The molecule has 0 aromatic heterocycles. The summed E-state index contributed by atoms with van der Waals surface area (Å²) < 4.78 is 6.33. The number of anilines is 1. The largest absolute Gasteiger partial charge is 0.383 e. The molecule has 1 N–H and O–H groups in total. The molecular formula is C13H20BrNO. The molecule has 0 fully saturated rings. The van der Waals surface area contributed by atoms with Crippen molar-refractivity contribution in [2.24, 2.45) is 5.92 Å². The Hall–Kier alpha value is -0.540. The van der Waals surface area contributed by atoms with Crippen molar-refractivity contribution in [1.29, 1.82) is 0 Å². The summed E-state index contributed by atoms with van der Waals surface area (Å²) in [6.45, 7) is 7.23. The van der Waals surface area contributed by atoms with E-state index in [1.54, 1.807) is 7.11 Å². The Kier molecular flexibility index (Phi) is 5.29. The van der Waals surface area contributed by atoms with Gasteiger partial charge in [0.25, 0.3) is 0 Å². The Labute approximate surface area is 107 Å². The van der Waals surface area contributed by atoms with Gasteiger partial charge in [0.2, 0.25) is 0 Å². The fourth-order valence-electron chi connectivity index (χ4n) is 1.53. The summed E-state index contributed by atoms with van der Waals surface area (Å²) in [7, 11) is 1.74. The molecular weight excluding hydrogens is 266 g/mol. The second kappa shape index (κ2) is 6.26. The maximum atomic E-state index is 5.23. The van der Waals surface area contributed by atoms with E-state index in [9.17, 15) is 0 Å². The second-order valence-corrected chi connectivity index (χ2v) is 5.33. The third kappa shape index (κ3) is 3.80. The molecule has 0 saturated heterocycles. The van der Waals surface area contributed by atoms with Gasteiger partial charge in [-0.25, -0.2) is 0 Å². The molecule has 0 aliphatic rings. The summed E-state index contributed by atoms with van der Waals surface area (Å²) in [5.74, 6) is 0.540. The molecule has 2 nitrogen and oxygen atoms in total. The zero-order valence-corrected chi connectivity index (χ0v) is 12.0. The highest BCUT2D eigenvalue weighted by Crippen LogP contribution is 2.22. The van der Waals surface area contributed by atoms with Crippen molar-refractivity contribution in [3.8, 4) is 0 Å². The van der Waals surface area contributed by atoms with Gasteiger partial charge in [-0.3, -0.25) is 0 Å². The van der Waals surface area contributed by atoms with Crippen LogP contribution in [-0.4, -0.2) is 19.8 Å². The van der Waals surface area contributed by atoms with Crippen LogP contribution in [0.5, 0.6) is 0 Å². The molecule has 90 valence electrons. The first-order chi connectivity index (χ1) is 7.54. The first-order valence-electron chi connectivity index (χ1n) is 5.56. The van der Waals surface area contributed by atoms with Crippen LogP contribution in [0.1, 0.15) is 19.4 Å². The van der Waals surface area contributed by atoms with Crippen LogP contribution in [0.2, 0.25) is 0 Å². The molecule has 1 atom stereocenters. The van der Waals surface area contributed by atoms with E-state index in [0.29, 0.717) is 12.0 Å². The minimum absolute atomic E-state index is 0.345. The highest BCUT2D eigenvalue weighted by Gasteiger charge is 2.13. The monoisotopic (exact) mass is 285 g/mol. The number of methoxy groups -OCH3 is 1.